The predicted molar refractivity (Wildman–Crippen MR) is 92.3 cm³/mol. The molecular weight excluding hydrogens is 342 g/mol. The number of hydrogen-bond acceptors (Lipinski definition) is 9. The quantitative estimate of drug-likeness (QED) is 0.429. The number of fused-ring (bicyclic) bond motifs is 1. The SMILES string of the molecule is CC(C)=CCNc1ncnc2c1ncn2C1O[C@H](CO)[C@@H](O)[C@H](O)[C@H]1O. The molecule has 26 heavy (non-hydrogen) atoms. The van der Waals surface area contributed by atoms with Gasteiger partial charge in [0.15, 0.2) is 23.2 Å². The molecule has 0 aliphatic carbocycles. The van der Waals surface area contributed by atoms with E-state index in [1.54, 1.807) is 0 Å². The Morgan fingerprint density at radius 1 is 1.19 bits per heavy atom. The summed E-state index contributed by atoms with van der Waals surface area (Å²) in [6.07, 6.45) is -1.60. The van der Waals surface area contributed by atoms with E-state index in [9.17, 15) is 20.4 Å². The van der Waals surface area contributed by atoms with Crippen LogP contribution in [0.1, 0.15) is 20.1 Å². The maximum atomic E-state index is 10.3. The van der Waals surface area contributed by atoms with Gasteiger partial charge in [-0.05, 0) is 13.8 Å². The van der Waals surface area contributed by atoms with Gasteiger partial charge in [0.1, 0.15) is 30.7 Å². The number of aromatic nitrogens is 4. The maximum Gasteiger partial charge on any atom is 0.167 e. The van der Waals surface area contributed by atoms with Gasteiger partial charge in [-0.3, -0.25) is 4.57 Å². The van der Waals surface area contributed by atoms with Gasteiger partial charge in [0, 0.05) is 6.54 Å². The third kappa shape index (κ3) is 3.41. The summed E-state index contributed by atoms with van der Waals surface area (Å²) < 4.78 is 7.01. The van der Waals surface area contributed by atoms with E-state index in [2.05, 4.69) is 20.3 Å². The first-order chi connectivity index (χ1) is 12.4. The fourth-order valence-electron chi connectivity index (χ4n) is 2.83. The summed E-state index contributed by atoms with van der Waals surface area (Å²) in [7, 11) is 0. The third-order valence-electron chi connectivity index (χ3n) is 4.28. The lowest BCUT2D eigenvalue weighted by Crippen LogP contribution is -2.56. The second kappa shape index (κ2) is 7.64. The number of aliphatic hydroxyl groups is 4. The molecule has 1 aliphatic heterocycles. The van der Waals surface area contributed by atoms with Crippen molar-refractivity contribution in [1.29, 1.82) is 0 Å². The summed E-state index contributed by atoms with van der Waals surface area (Å²) in [5, 5.41) is 42.7. The van der Waals surface area contributed by atoms with Crippen LogP contribution in [-0.4, -0.2) is 77.5 Å². The average molecular weight is 365 g/mol. The molecule has 2 aromatic heterocycles. The molecule has 1 fully saturated rings. The molecule has 1 saturated heterocycles. The molecule has 3 rings (SSSR count). The molecule has 0 bridgehead atoms. The van der Waals surface area contributed by atoms with Gasteiger partial charge in [0.2, 0.25) is 0 Å². The zero-order valence-electron chi connectivity index (χ0n) is 14.5. The van der Waals surface area contributed by atoms with Crippen molar-refractivity contribution in [1.82, 2.24) is 19.5 Å². The van der Waals surface area contributed by atoms with Gasteiger partial charge in [0.05, 0.1) is 12.9 Å². The van der Waals surface area contributed by atoms with E-state index in [1.165, 1.54) is 17.2 Å². The number of allylic oxidation sites excluding steroid dienone is 1. The van der Waals surface area contributed by atoms with Gasteiger partial charge < -0.3 is 30.5 Å². The third-order valence-corrected chi connectivity index (χ3v) is 4.28. The molecule has 0 radical (unpaired) electrons. The Morgan fingerprint density at radius 3 is 2.65 bits per heavy atom. The monoisotopic (exact) mass is 365 g/mol. The number of aliphatic hydroxyl groups excluding tert-OH is 4. The minimum Gasteiger partial charge on any atom is -0.394 e. The van der Waals surface area contributed by atoms with Gasteiger partial charge >= 0.3 is 0 Å². The number of rotatable bonds is 5. The summed E-state index contributed by atoms with van der Waals surface area (Å²) >= 11 is 0. The molecule has 142 valence electrons. The largest absolute Gasteiger partial charge is 0.394 e. The normalized spacial score (nSPS) is 28.9. The van der Waals surface area contributed by atoms with Crippen LogP contribution in [0.3, 0.4) is 0 Å². The molecule has 1 aliphatic rings. The Balaban J connectivity index is 1.92. The summed E-state index contributed by atoms with van der Waals surface area (Å²) in [5.74, 6) is 0.524. The van der Waals surface area contributed by atoms with Crippen molar-refractivity contribution < 1.29 is 25.2 Å². The minimum absolute atomic E-state index is 0.393. The summed E-state index contributed by atoms with van der Waals surface area (Å²) in [6, 6.07) is 0. The van der Waals surface area contributed by atoms with Gasteiger partial charge in [-0.15, -0.1) is 0 Å². The number of nitrogens with zero attached hydrogens (tertiary/aromatic N) is 4. The predicted octanol–water partition coefficient (Wildman–Crippen LogP) is -0.823. The second-order valence-electron chi connectivity index (χ2n) is 6.43. The Morgan fingerprint density at radius 2 is 1.96 bits per heavy atom. The average Bonchev–Trinajstić information content (AvgIpc) is 3.05. The number of hydrogen-bond donors (Lipinski definition) is 5. The first-order valence-corrected chi connectivity index (χ1v) is 8.29. The van der Waals surface area contributed by atoms with E-state index in [4.69, 9.17) is 4.74 Å². The fraction of sp³-hybridized carbons (Fsp3) is 0.562. The van der Waals surface area contributed by atoms with E-state index < -0.39 is 37.3 Å². The molecule has 5 atom stereocenters. The second-order valence-corrected chi connectivity index (χ2v) is 6.43. The van der Waals surface area contributed by atoms with Crippen molar-refractivity contribution >= 4 is 17.0 Å². The number of imidazole rings is 1. The molecule has 0 saturated carbocycles. The summed E-state index contributed by atoms with van der Waals surface area (Å²) in [5.41, 5.74) is 2.03. The van der Waals surface area contributed by atoms with Crippen molar-refractivity contribution in [2.24, 2.45) is 0 Å². The Hall–Kier alpha value is -2.11. The van der Waals surface area contributed by atoms with E-state index in [-0.39, 0.29) is 0 Å². The van der Waals surface area contributed by atoms with E-state index in [0.717, 1.165) is 5.57 Å². The molecule has 3 heterocycles. The molecule has 10 nitrogen and oxygen atoms in total. The zero-order chi connectivity index (χ0) is 18.8. The lowest BCUT2D eigenvalue weighted by atomic mass is 9.98. The van der Waals surface area contributed by atoms with Crippen molar-refractivity contribution in [3.63, 3.8) is 0 Å². The van der Waals surface area contributed by atoms with Crippen LogP contribution in [0.2, 0.25) is 0 Å². The first-order valence-electron chi connectivity index (χ1n) is 8.29. The Bertz CT molecular complexity index is 788. The van der Waals surface area contributed by atoms with Crippen LogP contribution >= 0.6 is 0 Å². The number of ether oxygens (including phenoxy) is 1. The first kappa shape index (κ1) is 18.7. The van der Waals surface area contributed by atoms with Crippen molar-refractivity contribution in [2.45, 2.75) is 44.5 Å². The molecule has 2 aromatic rings. The Kier molecular flexibility index (Phi) is 5.49. The van der Waals surface area contributed by atoms with Crippen molar-refractivity contribution in [2.75, 3.05) is 18.5 Å². The molecule has 0 amide bonds. The summed E-state index contributed by atoms with van der Waals surface area (Å²) in [4.78, 5) is 12.6. The molecule has 1 unspecified atom stereocenters. The topological polar surface area (TPSA) is 146 Å². The van der Waals surface area contributed by atoms with Crippen LogP contribution in [0.5, 0.6) is 0 Å². The molecule has 10 heteroatoms. The maximum absolute atomic E-state index is 10.3. The zero-order valence-corrected chi connectivity index (χ0v) is 14.5. The highest BCUT2D eigenvalue weighted by Crippen LogP contribution is 2.31. The highest BCUT2D eigenvalue weighted by atomic mass is 16.6. The van der Waals surface area contributed by atoms with Crippen LogP contribution in [0.4, 0.5) is 5.82 Å². The summed E-state index contributed by atoms with van der Waals surface area (Å²) in [6.45, 7) is 4.05. The smallest absolute Gasteiger partial charge is 0.167 e. The van der Waals surface area contributed by atoms with E-state index in [0.29, 0.717) is 23.5 Å². The van der Waals surface area contributed by atoms with Gasteiger partial charge in [0.25, 0.3) is 0 Å². The fourth-order valence-corrected chi connectivity index (χ4v) is 2.83. The molecule has 5 N–H and O–H groups in total. The van der Waals surface area contributed by atoms with Crippen molar-refractivity contribution in [3.8, 4) is 0 Å². The van der Waals surface area contributed by atoms with Gasteiger partial charge in [-0.2, -0.15) is 0 Å². The van der Waals surface area contributed by atoms with Gasteiger partial charge in [-0.25, -0.2) is 15.0 Å². The van der Waals surface area contributed by atoms with Gasteiger partial charge in [-0.1, -0.05) is 11.6 Å². The van der Waals surface area contributed by atoms with Crippen LogP contribution in [0, 0.1) is 0 Å². The molecular formula is C16H23N5O5. The van der Waals surface area contributed by atoms with E-state index >= 15 is 0 Å². The number of anilines is 1. The van der Waals surface area contributed by atoms with Crippen LogP contribution in [0.15, 0.2) is 24.3 Å². The highest BCUT2D eigenvalue weighted by Gasteiger charge is 2.44. The minimum atomic E-state index is -1.47. The van der Waals surface area contributed by atoms with Crippen LogP contribution < -0.4 is 5.32 Å². The Labute approximate surface area is 149 Å². The molecule has 0 spiro atoms. The molecule has 0 aromatic carbocycles. The highest BCUT2D eigenvalue weighted by molar-refractivity contribution is 5.82. The van der Waals surface area contributed by atoms with Crippen molar-refractivity contribution in [3.05, 3.63) is 24.3 Å². The van der Waals surface area contributed by atoms with Crippen LogP contribution in [-0.2, 0) is 4.74 Å². The lowest BCUT2D eigenvalue weighted by Gasteiger charge is -2.40. The lowest BCUT2D eigenvalue weighted by molar-refractivity contribution is -0.250. The standard InChI is InChI=1S/C16H23N5O5/c1-8(2)3-4-17-14-10-15(19-6-18-14)21(7-20-10)16-13(25)12(24)11(23)9(5-22)26-16/h3,6-7,9,11-13,16,22-25H,4-5H2,1-2H3,(H,17,18,19)/t9-,11-,12+,13-,16?/m1/s1. The van der Waals surface area contributed by atoms with Crippen LogP contribution in [0.25, 0.3) is 11.2 Å². The van der Waals surface area contributed by atoms with E-state index in [1.807, 2.05) is 19.9 Å². The number of nitrogens with one attached hydrogen (secondary N) is 1.